The number of aromatic hydroxyl groups is 1. The van der Waals surface area contributed by atoms with Gasteiger partial charge in [-0.05, 0) is 41.8 Å². The summed E-state index contributed by atoms with van der Waals surface area (Å²) in [5.41, 5.74) is 9.15. The number of aliphatic imine (C=N–C) groups is 1. The maximum Gasteiger partial charge on any atom is 0.125 e. The van der Waals surface area contributed by atoms with E-state index in [2.05, 4.69) is 11.9 Å². The zero-order chi connectivity index (χ0) is 20.5. The number of amidine groups is 1. The molecule has 3 aromatic carbocycles. The Kier molecular flexibility index (Phi) is 7.11. The minimum absolute atomic E-state index is 0.183. The molecule has 0 aromatic heterocycles. The molecule has 29 heavy (non-hydrogen) atoms. The molecule has 5 nitrogen and oxygen atoms in total. The number of phenols is 1. The van der Waals surface area contributed by atoms with Crippen molar-refractivity contribution < 1.29 is 14.6 Å². The largest absolute Gasteiger partial charge is 0.508 e. The van der Waals surface area contributed by atoms with Gasteiger partial charge in [0.15, 0.2) is 0 Å². The first-order chi connectivity index (χ1) is 14.2. The summed E-state index contributed by atoms with van der Waals surface area (Å²) in [4.78, 5) is 4.34. The lowest BCUT2D eigenvalue weighted by molar-refractivity contribution is 0.216. The molecule has 0 aliphatic rings. The summed E-state index contributed by atoms with van der Waals surface area (Å²) in [6.45, 7) is 3.64. The molecule has 0 fully saturated rings. The number of rotatable bonds is 9. The number of ether oxygens (including phenoxy) is 2. The fourth-order valence-corrected chi connectivity index (χ4v) is 2.79. The van der Waals surface area contributed by atoms with Crippen LogP contribution in [-0.2, 0) is 0 Å². The predicted molar refractivity (Wildman–Crippen MR) is 117 cm³/mol. The van der Waals surface area contributed by atoms with Crippen LogP contribution in [0.3, 0.4) is 0 Å². The van der Waals surface area contributed by atoms with Crippen LogP contribution < -0.4 is 15.2 Å². The van der Waals surface area contributed by atoms with E-state index >= 15 is 0 Å². The number of hydrogen-bond donors (Lipinski definition) is 2. The molecule has 3 aromatic rings. The molecule has 150 valence electrons. The van der Waals surface area contributed by atoms with E-state index in [1.807, 2.05) is 48.5 Å². The molecule has 0 saturated heterocycles. The molecule has 0 atom stereocenters. The summed E-state index contributed by atoms with van der Waals surface area (Å²) >= 11 is 0. The fraction of sp³-hybridized carbons (Fsp3) is 0.208. The Hall–Kier alpha value is -3.47. The molecule has 0 aliphatic heterocycles. The average Bonchev–Trinajstić information content (AvgIpc) is 2.76. The number of nitrogens with two attached hydrogens (primary N) is 1. The van der Waals surface area contributed by atoms with Crippen molar-refractivity contribution in [2.75, 3.05) is 19.8 Å². The molecule has 0 saturated carbocycles. The topological polar surface area (TPSA) is 77.1 Å². The van der Waals surface area contributed by atoms with Crippen molar-refractivity contribution in [3.05, 3.63) is 78.4 Å². The highest BCUT2D eigenvalue weighted by Gasteiger charge is 2.02. The summed E-state index contributed by atoms with van der Waals surface area (Å²) in [5.74, 6) is 2.16. The highest BCUT2D eigenvalue weighted by Crippen LogP contribution is 2.23. The predicted octanol–water partition coefficient (Wildman–Crippen LogP) is 4.63. The summed E-state index contributed by atoms with van der Waals surface area (Å²) in [7, 11) is 0. The Balaban J connectivity index is 1.52. The minimum Gasteiger partial charge on any atom is -0.508 e. The van der Waals surface area contributed by atoms with Crippen LogP contribution in [0.5, 0.6) is 17.2 Å². The number of nitrogens with zero attached hydrogens (tertiary/aromatic N) is 1. The number of phenolic OH excluding ortho intramolecular Hbond substituents is 1. The monoisotopic (exact) mass is 390 g/mol. The summed E-state index contributed by atoms with van der Waals surface area (Å²) in [6.07, 6.45) is 0.981. The van der Waals surface area contributed by atoms with Gasteiger partial charge >= 0.3 is 0 Å². The van der Waals surface area contributed by atoms with E-state index in [0.717, 1.165) is 35.4 Å². The van der Waals surface area contributed by atoms with Crippen LogP contribution in [0.15, 0.2) is 77.8 Å². The molecule has 3 rings (SSSR count). The second kappa shape index (κ2) is 10.2. The van der Waals surface area contributed by atoms with Crippen molar-refractivity contribution in [3.63, 3.8) is 0 Å². The quantitative estimate of drug-likeness (QED) is 0.317. The molecule has 5 heteroatoms. The van der Waals surface area contributed by atoms with Crippen LogP contribution in [0.4, 0.5) is 0 Å². The lowest BCUT2D eigenvalue weighted by Gasteiger charge is -2.09. The summed E-state index contributed by atoms with van der Waals surface area (Å²) in [6, 6.07) is 22.7. The van der Waals surface area contributed by atoms with Crippen molar-refractivity contribution in [2.45, 2.75) is 13.3 Å². The maximum absolute atomic E-state index is 9.42. The Morgan fingerprint density at radius 1 is 0.862 bits per heavy atom. The molecule has 0 unspecified atom stereocenters. The lowest BCUT2D eigenvalue weighted by Crippen LogP contribution is -2.13. The van der Waals surface area contributed by atoms with Gasteiger partial charge in [-0.25, -0.2) is 0 Å². The number of benzene rings is 3. The van der Waals surface area contributed by atoms with Crippen molar-refractivity contribution >= 4 is 5.84 Å². The third-order valence-electron chi connectivity index (χ3n) is 4.31. The van der Waals surface area contributed by atoms with Crippen molar-refractivity contribution in [1.82, 2.24) is 0 Å². The molecular formula is C24H26N2O3. The van der Waals surface area contributed by atoms with E-state index in [1.165, 1.54) is 0 Å². The van der Waals surface area contributed by atoms with E-state index in [4.69, 9.17) is 15.2 Å². The fourth-order valence-electron chi connectivity index (χ4n) is 2.79. The third-order valence-corrected chi connectivity index (χ3v) is 4.31. The molecule has 0 amide bonds. The van der Waals surface area contributed by atoms with Gasteiger partial charge in [-0.2, -0.15) is 0 Å². The number of hydrogen-bond acceptors (Lipinski definition) is 4. The van der Waals surface area contributed by atoms with Crippen molar-refractivity contribution in [2.24, 2.45) is 10.7 Å². The van der Waals surface area contributed by atoms with Crippen LogP contribution in [-0.4, -0.2) is 30.7 Å². The van der Waals surface area contributed by atoms with E-state index in [9.17, 15) is 5.11 Å². The van der Waals surface area contributed by atoms with Gasteiger partial charge < -0.3 is 20.3 Å². The Bertz CT molecular complexity index is 935. The second-order valence-electron chi connectivity index (χ2n) is 6.56. The van der Waals surface area contributed by atoms with E-state index < -0.39 is 0 Å². The van der Waals surface area contributed by atoms with Crippen molar-refractivity contribution in [1.29, 1.82) is 0 Å². The molecule has 3 N–H and O–H groups in total. The minimum atomic E-state index is 0.183. The average molecular weight is 390 g/mol. The van der Waals surface area contributed by atoms with Crippen LogP contribution in [0, 0.1) is 0 Å². The van der Waals surface area contributed by atoms with Gasteiger partial charge in [0.1, 0.15) is 36.3 Å². The summed E-state index contributed by atoms with van der Waals surface area (Å²) < 4.78 is 11.3. The van der Waals surface area contributed by atoms with Crippen LogP contribution in [0.1, 0.15) is 18.9 Å². The first-order valence-electron chi connectivity index (χ1n) is 9.71. The molecule has 0 heterocycles. The van der Waals surface area contributed by atoms with Gasteiger partial charge in [0.2, 0.25) is 0 Å². The molecular weight excluding hydrogens is 364 g/mol. The standard InChI is InChI=1S/C24H26N2O3/c1-2-14-26-24(25)20-8-6-18(7-9-20)19-10-12-22(13-11-19)28-15-16-29-23-5-3-4-21(27)17-23/h3-13,17,27H,2,14-16H2,1H3,(H2,25,26). The van der Waals surface area contributed by atoms with Gasteiger partial charge in [-0.3, -0.25) is 4.99 Å². The molecule has 0 bridgehead atoms. The Morgan fingerprint density at radius 3 is 2.10 bits per heavy atom. The van der Waals surface area contributed by atoms with Gasteiger partial charge in [0.25, 0.3) is 0 Å². The lowest BCUT2D eigenvalue weighted by atomic mass is 10.0. The maximum atomic E-state index is 9.42. The van der Waals surface area contributed by atoms with Gasteiger partial charge in [0, 0.05) is 18.2 Å². The van der Waals surface area contributed by atoms with E-state index in [-0.39, 0.29) is 5.75 Å². The SMILES string of the molecule is CCCN=C(N)c1ccc(-c2ccc(OCCOc3cccc(O)c3)cc2)cc1. The van der Waals surface area contributed by atoms with Gasteiger partial charge in [0.05, 0.1) is 0 Å². The molecule has 0 aliphatic carbocycles. The first kappa shape index (κ1) is 20.3. The van der Waals surface area contributed by atoms with Crippen LogP contribution in [0.2, 0.25) is 0 Å². The molecule has 0 spiro atoms. The van der Waals surface area contributed by atoms with Crippen LogP contribution >= 0.6 is 0 Å². The highest BCUT2D eigenvalue weighted by molar-refractivity contribution is 5.97. The van der Waals surface area contributed by atoms with E-state index in [0.29, 0.717) is 24.8 Å². The molecule has 0 radical (unpaired) electrons. The third kappa shape index (κ3) is 6.01. The van der Waals surface area contributed by atoms with Gasteiger partial charge in [-0.1, -0.05) is 49.4 Å². The van der Waals surface area contributed by atoms with Crippen LogP contribution in [0.25, 0.3) is 11.1 Å². The summed E-state index contributed by atoms with van der Waals surface area (Å²) in [5, 5.41) is 9.42. The Labute approximate surface area is 171 Å². The van der Waals surface area contributed by atoms with E-state index in [1.54, 1.807) is 24.3 Å². The normalized spacial score (nSPS) is 11.3. The second-order valence-corrected chi connectivity index (χ2v) is 6.56. The smallest absolute Gasteiger partial charge is 0.125 e. The first-order valence-corrected chi connectivity index (χ1v) is 9.71. The zero-order valence-electron chi connectivity index (χ0n) is 16.5. The highest BCUT2D eigenvalue weighted by atomic mass is 16.5. The van der Waals surface area contributed by atoms with Crippen molar-refractivity contribution in [3.8, 4) is 28.4 Å². The Morgan fingerprint density at radius 2 is 1.48 bits per heavy atom. The zero-order valence-corrected chi connectivity index (χ0v) is 16.5. The van der Waals surface area contributed by atoms with Gasteiger partial charge in [-0.15, -0.1) is 0 Å².